The van der Waals surface area contributed by atoms with Crippen molar-refractivity contribution < 1.29 is 5.11 Å². The summed E-state index contributed by atoms with van der Waals surface area (Å²) in [5.74, 6) is 0.275. The van der Waals surface area contributed by atoms with Gasteiger partial charge < -0.3 is 5.11 Å². The normalized spacial score (nSPS) is 12.0. The number of halogens is 1. The summed E-state index contributed by atoms with van der Waals surface area (Å²) in [7, 11) is 0. The highest BCUT2D eigenvalue weighted by molar-refractivity contribution is 6.33. The van der Waals surface area contributed by atoms with Crippen LogP contribution in [-0.4, -0.2) is 11.3 Å². The SMILES string of the molecule is Cc1ccc(N=Cc2cccc(C(C)(C)C)c2O)c(Cl)c1. The van der Waals surface area contributed by atoms with E-state index < -0.39 is 0 Å². The van der Waals surface area contributed by atoms with E-state index in [4.69, 9.17) is 11.6 Å². The van der Waals surface area contributed by atoms with Gasteiger partial charge in [0.2, 0.25) is 0 Å². The van der Waals surface area contributed by atoms with Gasteiger partial charge in [0, 0.05) is 11.8 Å². The van der Waals surface area contributed by atoms with Crippen LogP contribution < -0.4 is 0 Å². The van der Waals surface area contributed by atoms with Crippen LogP contribution in [0.25, 0.3) is 0 Å². The number of aromatic hydroxyl groups is 1. The number of hydrogen-bond donors (Lipinski definition) is 1. The second-order valence-corrected chi connectivity index (χ2v) is 6.61. The van der Waals surface area contributed by atoms with Crippen molar-refractivity contribution in [2.75, 3.05) is 0 Å². The summed E-state index contributed by atoms with van der Waals surface area (Å²) in [6, 6.07) is 11.4. The summed E-state index contributed by atoms with van der Waals surface area (Å²) in [6.45, 7) is 8.19. The molecule has 0 heterocycles. The highest BCUT2D eigenvalue weighted by atomic mass is 35.5. The molecule has 0 bridgehead atoms. The molecule has 110 valence electrons. The van der Waals surface area contributed by atoms with Gasteiger partial charge in [-0.25, -0.2) is 0 Å². The van der Waals surface area contributed by atoms with Crippen LogP contribution in [0, 0.1) is 6.92 Å². The number of aliphatic imine (C=N–C) groups is 1. The number of phenols is 1. The lowest BCUT2D eigenvalue weighted by molar-refractivity contribution is 0.446. The van der Waals surface area contributed by atoms with Gasteiger partial charge in [-0.15, -0.1) is 0 Å². The van der Waals surface area contributed by atoms with Gasteiger partial charge in [-0.3, -0.25) is 4.99 Å². The Morgan fingerprint density at radius 2 is 1.86 bits per heavy atom. The maximum atomic E-state index is 10.4. The molecule has 0 aliphatic rings. The minimum absolute atomic E-state index is 0.116. The molecule has 0 atom stereocenters. The molecule has 2 rings (SSSR count). The van der Waals surface area contributed by atoms with E-state index in [1.807, 2.05) is 43.3 Å². The number of aryl methyl sites for hydroxylation is 1. The van der Waals surface area contributed by atoms with E-state index in [-0.39, 0.29) is 11.2 Å². The van der Waals surface area contributed by atoms with E-state index in [1.165, 1.54) is 0 Å². The van der Waals surface area contributed by atoms with Gasteiger partial charge in [0.05, 0.1) is 10.7 Å². The first kappa shape index (κ1) is 15.6. The van der Waals surface area contributed by atoms with E-state index in [0.29, 0.717) is 16.3 Å². The van der Waals surface area contributed by atoms with Crippen molar-refractivity contribution in [2.45, 2.75) is 33.1 Å². The molecule has 0 fully saturated rings. The fraction of sp³-hybridized carbons (Fsp3) is 0.278. The number of benzene rings is 2. The smallest absolute Gasteiger partial charge is 0.128 e. The third kappa shape index (κ3) is 3.64. The lowest BCUT2D eigenvalue weighted by Gasteiger charge is -2.21. The van der Waals surface area contributed by atoms with Crippen LogP contribution in [0.1, 0.15) is 37.5 Å². The van der Waals surface area contributed by atoms with Gasteiger partial charge in [0.1, 0.15) is 5.75 Å². The number of nitrogens with zero attached hydrogens (tertiary/aromatic N) is 1. The van der Waals surface area contributed by atoms with Crippen molar-refractivity contribution >= 4 is 23.5 Å². The van der Waals surface area contributed by atoms with Crippen LogP contribution in [0.2, 0.25) is 5.02 Å². The zero-order valence-electron chi connectivity index (χ0n) is 12.8. The Morgan fingerprint density at radius 3 is 2.48 bits per heavy atom. The molecule has 0 amide bonds. The van der Waals surface area contributed by atoms with Crippen molar-refractivity contribution in [3.8, 4) is 5.75 Å². The standard InChI is InChI=1S/C18H20ClNO/c1-12-8-9-16(15(19)10-12)20-11-13-6-5-7-14(17(13)21)18(2,3)4/h5-11,21H,1-4H3. The fourth-order valence-corrected chi connectivity index (χ4v) is 2.41. The van der Waals surface area contributed by atoms with Crippen molar-refractivity contribution in [1.29, 1.82) is 0 Å². The molecule has 3 heteroatoms. The van der Waals surface area contributed by atoms with E-state index in [0.717, 1.165) is 11.1 Å². The average molecular weight is 302 g/mol. The zero-order valence-corrected chi connectivity index (χ0v) is 13.6. The number of hydrogen-bond acceptors (Lipinski definition) is 2. The summed E-state index contributed by atoms with van der Waals surface area (Å²) in [4.78, 5) is 4.38. The maximum Gasteiger partial charge on any atom is 0.128 e. The fourth-order valence-electron chi connectivity index (χ4n) is 2.13. The molecule has 0 aromatic heterocycles. The van der Waals surface area contributed by atoms with Gasteiger partial charge in [-0.1, -0.05) is 50.6 Å². The molecule has 0 saturated carbocycles. The molecule has 0 saturated heterocycles. The van der Waals surface area contributed by atoms with Crippen LogP contribution >= 0.6 is 11.6 Å². The molecular formula is C18H20ClNO. The van der Waals surface area contributed by atoms with Crippen molar-refractivity contribution in [2.24, 2.45) is 4.99 Å². The predicted molar refractivity (Wildman–Crippen MR) is 90.2 cm³/mol. The highest BCUT2D eigenvalue weighted by Gasteiger charge is 2.19. The van der Waals surface area contributed by atoms with Gasteiger partial charge in [0.15, 0.2) is 0 Å². The molecule has 21 heavy (non-hydrogen) atoms. The van der Waals surface area contributed by atoms with E-state index in [1.54, 1.807) is 6.21 Å². The number of para-hydroxylation sites is 1. The summed E-state index contributed by atoms with van der Waals surface area (Å²) >= 11 is 6.16. The van der Waals surface area contributed by atoms with Gasteiger partial charge in [-0.2, -0.15) is 0 Å². The summed E-state index contributed by atoms with van der Waals surface area (Å²) in [6.07, 6.45) is 1.65. The molecule has 2 nitrogen and oxygen atoms in total. The maximum absolute atomic E-state index is 10.4. The molecule has 0 aliphatic carbocycles. The highest BCUT2D eigenvalue weighted by Crippen LogP contribution is 2.33. The Bertz CT molecular complexity index is 684. The van der Waals surface area contributed by atoms with Crippen molar-refractivity contribution in [3.05, 3.63) is 58.1 Å². The third-order valence-corrected chi connectivity index (χ3v) is 3.62. The average Bonchev–Trinajstić information content (AvgIpc) is 2.38. The Morgan fingerprint density at radius 1 is 1.14 bits per heavy atom. The molecule has 2 aromatic carbocycles. The minimum atomic E-state index is -0.116. The third-order valence-electron chi connectivity index (χ3n) is 3.32. The van der Waals surface area contributed by atoms with E-state index in [2.05, 4.69) is 25.8 Å². The molecule has 0 unspecified atom stereocenters. The van der Waals surface area contributed by atoms with Crippen molar-refractivity contribution in [1.82, 2.24) is 0 Å². The van der Waals surface area contributed by atoms with Gasteiger partial charge >= 0.3 is 0 Å². The molecular weight excluding hydrogens is 282 g/mol. The topological polar surface area (TPSA) is 32.6 Å². The summed E-state index contributed by atoms with van der Waals surface area (Å²) < 4.78 is 0. The van der Waals surface area contributed by atoms with Crippen LogP contribution in [-0.2, 0) is 5.41 Å². The van der Waals surface area contributed by atoms with Crippen molar-refractivity contribution in [3.63, 3.8) is 0 Å². The van der Waals surface area contributed by atoms with E-state index >= 15 is 0 Å². The molecule has 1 N–H and O–H groups in total. The molecule has 0 spiro atoms. The molecule has 2 aromatic rings. The van der Waals surface area contributed by atoms with Gasteiger partial charge in [0.25, 0.3) is 0 Å². The Hall–Kier alpha value is -1.80. The molecule has 0 radical (unpaired) electrons. The Kier molecular flexibility index (Phi) is 4.38. The lowest BCUT2D eigenvalue weighted by atomic mass is 9.85. The first-order valence-corrected chi connectivity index (χ1v) is 7.29. The molecule has 0 aliphatic heterocycles. The van der Waals surface area contributed by atoms with E-state index in [9.17, 15) is 5.11 Å². The summed E-state index contributed by atoms with van der Waals surface area (Å²) in [5, 5.41) is 11.0. The Balaban J connectivity index is 2.38. The first-order valence-electron chi connectivity index (χ1n) is 6.92. The first-order chi connectivity index (χ1) is 9.79. The number of rotatable bonds is 2. The van der Waals surface area contributed by atoms with Crippen LogP contribution in [0.4, 0.5) is 5.69 Å². The minimum Gasteiger partial charge on any atom is -0.507 e. The predicted octanol–water partition coefficient (Wildman–Crippen LogP) is 5.40. The second kappa shape index (κ2) is 5.90. The lowest BCUT2D eigenvalue weighted by Crippen LogP contribution is -2.11. The second-order valence-electron chi connectivity index (χ2n) is 6.21. The quantitative estimate of drug-likeness (QED) is 0.740. The monoisotopic (exact) mass is 301 g/mol. The van der Waals surface area contributed by atoms with Gasteiger partial charge in [-0.05, 0) is 41.7 Å². The summed E-state index contributed by atoms with van der Waals surface area (Å²) in [5.41, 5.74) is 3.27. The largest absolute Gasteiger partial charge is 0.507 e. The van der Waals surface area contributed by atoms with Crippen LogP contribution in [0.3, 0.4) is 0 Å². The zero-order chi connectivity index (χ0) is 15.6. The van der Waals surface area contributed by atoms with Crippen LogP contribution in [0.15, 0.2) is 41.4 Å². The number of phenolic OH excluding ortho intramolecular Hbond substituents is 1. The van der Waals surface area contributed by atoms with Crippen LogP contribution in [0.5, 0.6) is 5.75 Å². The Labute approximate surface area is 131 Å².